The van der Waals surface area contributed by atoms with E-state index in [4.69, 9.17) is 4.52 Å². The van der Waals surface area contributed by atoms with Crippen molar-refractivity contribution in [1.29, 1.82) is 0 Å². The number of rotatable bonds is 3. The fraction of sp³-hybridized carbons (Fsp3) is 0.700. The Morgan fingerprint density at radius 2 is 2.50 bits per heavy atom. The predicted octanol–water partition coefficient (Wildman–Crippen LogP) is 0.586. The minimum atomic E-state index is -0.199. The van der Waals surface area contributed by atoms with E-state index in [2.05, 4.69) is 15.5 Å². The van der Waals surface area contributed by atoms with Crippen molar-refractivity contribution in [3.05, 3.63) is 11.7 Å². The summed E-state index contributed by atoms with van der Waals surface area (Å²) in [6.07, 6.45) is 2.09. The maximum absolute atomic E-state index is 11.7. The molecule has 1 amide bonds. The lowest BCUT2D eigenvalue weighted by Gasteiger charge is -2.10. The summed E-state index contributed by atoms with van der Waals surface area (Å²) in [7, 11) is 1.71. The molecule has 1 unspecified atom stereocenters. The maximum Gasteiger partial charge on any atom is 0.294 e. The number of aromatic nitrogens is 2. The van der Waals surface area contributed by atoms with Crippen LogP contribution in [0, 0.1) is 0 Å². The smallest absolute Gasteiger partial charge is 0.294 e. The number of nitrogens with zero attached hydrogens (tertiary/aromatic N) is 3. The van der Waals surface area contributed by atoms with Gasteiger partial charge in [-0.15, -0.1) is 0 Å². The Kier molecular flexibility index (Phi) is 3.19. The summed E-state index contributed by atoms with van der Waals surface area (Å²) >= 11 is 0. The lowest BCUT2D eigenvalue weighted by molar-refractivity contribution is 0.0787. The van der Waals surface area contributed by atoms with Crippen LogP contribution in [0.3, 0.4) is 0 Å². The summed E-state index contributed by atoms with van der Waals surface area (Å²) in [5.74, 6) is 0.467. The van der Waals surface area contributed by atoms with E-state index in [1.807, 2.05) is 6.92 Å². The summed E-state index contributed by atoms with van der Waals surface area (Å²) in [6, 6.07) is 0.112. The van der Waals surface area contributed by atoms with Gasteiger partial charge in [-0.05, 0) is 26.3 Å². The highest BCUT2D eigenvalue weighted by Crippen LogP contribution is 2.21. The summed E-state index contributed by atoms with van der Waals surface area (Å²) in [5, 5.41) is 6.96. The molecule has 6 heteroatoms. The van der Waals surface area contributed by atoms with Crippen molar-refractivity contribution < 1.29 is 9.32 Å². The van der Waals surface area contributed by atoms with E-state index in [0.29, 0.717) is 12.4 Å². The van der Waals surface area contributed by atoms with Gasteiger partial charge in [0.25, 0.3) is 11.7 Å². The van der Waals surface area contributed by atoms with E-state index >= 15 is 0 Å². The SMILES string of the molecule is CCN(C)C(=O)c1noc(C2CCCN2)n1. The van der Waals surface area contributed by atoms with Crippen molar-refractivity contribution in [2.75, 3.05) is 20.1 Å². The highest BCUT2D eigenvalue weighted by molar-refractivity contribution is 5.90. The number of carbonyl (C=O) groups excluding carboxylic acids is 1. The van der Waals surface area contributed by atoms with E-state index in [9.17, 15) is 4.79 Å². The molecule has 1 fully saturated rings. The third-order valence-corrected chi connectivity index (χ3v) is 2.81. The van der Waals surface area contributed by atoms with Gasteiger partial charge in [0, 0.05) is 13.6 Å². The zero-order valence-electron chi connectivity index (χ0n) is 9.56. The molecular weight excluding hydrogens is 208 g/mol. The van der Waals surface area contributed by atoms with Gasteiger partial charge in [-0.3, -0.25) is 4.79 Å². The van der Waals surface area contributed by atoms with E-state index in [-0.39, 0.29) is 17.8 Å². The van der Waals surface area contributed by atoms with Crippen LogP contribution in [0.2, 0.25) is 0 Å². The van der Waals surface area contributed by atoms with Gasteiger partial charge < -0.3 is 14.7 Å². The van der Waals surface area contributed by atoms with Crippen molar-refractivity contribution in [3.63, 3.8) is 0 Å². The first-order chi connectivity index (χ1) is 7.72. The zero-order valence-corrected chi connectivity index (χ0v) is 9.56. The second-order valence-corrected chi connectivity index (χ2v) is 3.92. The number of hydrogen-bond acceptors (Lipinski definition) is 5. The first-order valence-electron chi connectivity index (χ1n) is 5.54. The Morgan fingerprint density at radius 3 is 3.12 bits per heavy atom. The van der Waals surface area contributed by atoms with Crippen molar-refractivity contribution in [2.24, 2.45) is 0 Å². The molecule has 0 bridgehead atoms. The first-order valence-corrected chi connectivity index (χ1v) is 5.54. The molecule has 1 aromatic rings. The Balaban J connectivity index is 2.09. The van der Waals surface area contributed by atoms with Crippen molar-refractivity contribution in [1.82, 2.24) is 20.4 Å². The molecule has 16 heavy (non-hydrogen) atoms. The minimum absolute atomic E-state index is 0.112. The normalized spacial score (nSPS) is 20.0. The largest absolute Gasteiger partial charge is 0.339 e. The van der Waals surface area contributed by atoms with Crippen LogP contribution in [0.25, 0.3) is 0 Å². The molecule has 0 saturated carbocycles. The van der Waals surface area contributed by atoms with Gasteiger partial charge in [0.05, 0.1) is 6.04 Å². The monoisotopic (exact) mass is 224 g/mol. The molecule has 1 saturated heterocycles. The molecule has 1 aromatic heterocycles. The first kappa shape index (κ1) is 11.1. The molecule has 0 aromatic carbocycles. The summed E-state index contributed by atoms with van der Waals surface area (Å²) in [4.78, 5) is 17.4. The Hall–Kier alpha value is -1.43. The van der Waals surface area contributed by atoms with Gasteiger partial charge in [-0.1, -0.05) is 5.16 Å². The molecule has 1 atom stereocenters. The van der Waals surface area contributed by atoms with Gasteiger partial charge in [0.2, 0.25) is 5.89 Å². The fourth-order valence-corrected chi connectivity index (χ4v) is 1.67. The van der Waals surface area contributed by atoms with E-state index in [1.165, 1.54) is 0 Å². The molecule has 0 spiro atoms. The topological polar surface area (TPSA) is 71.3 Å². The van der Waals surface area contributed by atoms with Crippen LogP contribution in [0.5, 0.6) is 0 Å². The van der Waals surface area contributed by atoms with Crippen LogP contribution in [0.4, 0.5) is 0 Å². The van der Waals surface area contributed by atoms with Gasteiger partial charge in [-0.2, -0.15) is 4.98 Å². The van der Waals surface area contributed by atoms with Crippen LogP contribution in [-0.2, 0) is 0 Å². The second kappa shape index (κ2) is 4.61. The van der Waals surface area contributed by atoms with Crippen LogP contribution < -0.4 is 5.32 Å². The predicted molar refractivity (Wildman–Crippen MR) is 56.9 cm³/mol. The molecule has 2 heterocycles. The van der Waals surface area contributed by atoms with Gasteiger partial charge >= 0.3 is 0 Å². The number of carbonyl (C=O) groups is 1. The van der Waals surface area contributed by atoms with E-state index < -0.39 is 0 Å². The van der Waals surface area contributed by atoms with E-state index in [1.54, 1.807) is 11.9 Å². The molecule has 0 radical (unpaired) electrons. The lowest BCUT2D eigenvalue weighted by atomic mass is 10.2. The summed E-state index contributed by atoms with van der Waals surface area (Å²) in [6.45, 7) is 3.49. The lowest BCUT2D eigenvalue weighted by Crippen LogP contribution is -2.27. The number of amides is 1. The number of hydrogen-bond donors (Lipinski definition) is 1. The van der Waals surface area contributed by atoms with Crippen LogP contribution in [-0.4, -0.2) is 41.1 Å². The van der Waals surface area contributed by atoms with Crippen LogP contribution >= 0.6 is 0 Å². The quantitative estimate of drug-likeness (QED) is 0.813. The standard InChI is InChI=1S/C10H16N4O2/c1-3-14(2)10(15)8-12-9(16-13-8)7-5-4-6-11-7/h7,11H,3-6H2,1-2H3. The molecule has 1 aliphatic rings. The molecule has 0 aliphatic carbocycles. The number of nitrogens with one attached hydrogen (secondary N) is 1. The summed E-state index contributed by atoms with van der Waals surface area (Å²) in [5.41, 5.74) is 0. The highest BCUT2D eigenvalue weighted by Gasteiger charge is 2.25. The third-order valence-electron chi connectivity index (χ3n) is 2.81. The molecule has 1 N–H and O–H groups in total. The second-order valence-electron chi connectivity index (χ2n) is 3.92. The highest BCUT2D eigenvalue weighted by atomic mass is 16.5. The van der Waals surface area contributed by atoms with Gasteiger partial charge in [0.15, 0.2) is 0 Å². The molecule has 88 valence electrons. The third kappa shape index (κ3) is 2.06. The minimum Gasteiger partial charge on any atom is -0.339 e. The van der Waals surface area contributed by atoms with Crippen molar-refractivity contribution in [3.8, 4) is 0 Å². The molecule has 1 aliphatic heterocycles. The Labute approximate surface area is 94.0 Å². The fourth-order valence-electron chi connectivity index (χ4n) is 1.67. The average Bonchev–Trinajstić information content (AvgIpc) is 2.96. The zero-order chi connectivity index (χ0) is 11.5. The maximum atomic E-state index is 11.7. The van der Waals surface area contributed by atoms with E-state index in [0.717, 1.165) is 19.4 Å². The molecule has 2 rings (SSSR count). The molecular formula is C10H16N4O2. The van der Waals surface area contributed by atoms with Crippen molar-refractivity contribution >= 4 is 5.91 Å². The van der Waals surface area contributed by atoms with Gasteiger partial charge in [0.1, 0.15) is 0 Å². The Bertz CT molecular complexity index is 371. The molecule has 6 nitrogen and oxygen atoms in total. The van der Waals surface area contributed by atoms with Crippen molar-refractivity contribution in [2.45, 2.75) is 25.8 Å². The van der Waals surface area contributed by atoms with Crippen LogP contribution in [0.1, 0.15) is 42.3 Å². The Morgan fingerprint density at radius 1 is 1.69 bits per heavy atom. The van der Waals surface area contributed by atoms with Crippen LogP contribution in [0.15, 0.2) is 4.52 Å². The van der Waals surface area contributed by atoms with Gasteiger partial charge in [-0.25, -0.2) is 0 Å². The summed E-state index contributed by atoms with van der Waals surface area (Å²) < 4.78 is 5.09. The average molecular weight is 224 g/mol.